The summed E-state index contributed by atoms with van der Waals surface area (Å²) in [7, 11) is 0. The van der Waals surface area contributed by atoms with E-state index in [0.29, 0.717) is 0 Å². The molecule has 0 saturated carbocycles. The third kappa shape index (κ3) is 12.0. The number of thiophene rings is 1. The van der Waals surface area contributed by atoms with Crippen molar-refractivity contribution in [3.8, 4) is 0 Å². The van der Waals surface area contributed by atoms with Crippen molar-refractivity contribution in [1.29, 1.82) is 0 Å². The van der Waals surface area contributed by atoms with Crippen molar-refractivity contribution >= 4 is 256 Å². The monoisotopic (exact) mass is 1620 g/mol. The Balaban J connectivity index is 0.000000103. The normalized spacial score (nSPS) is 11.8. The van der Waals surface area contributed by atoms with Gasteiger partial charge in [-0.3, -0.25) is 0 Å². The van der Waals surface area contributed by atoms with Crippen molar-refractivity contribution in [2.75, 3.05) is 14.7 Å². The lowest BCUT2D eigenvalue weighted by Crippen LogP contribution is -2.10. The van der Waals surface area contributed by atoms with Gasteiger partial charge in [-0.05, 0) is 236 Å². The highest BCUT2D eigenvalue weighted by atomic mass is 32.1. The molecule has 0 radical (unpaired) electrons. The Bertz CT molecular complexity index is 8710. The van der Waals surface area contributed by atoms with Crippen LogP contribution in [-0.2, 0) is 0 Å². The third-order valence-corrected chi connectivity index (χ3v) is 27.0. The third-order valence-electron chi connectivity index (χ3n) is 25.8. The van der Waals surface area contributed by atoms with E-state index >= 15 is 0 Å². The fraction of sp³-hybridized carbons (Fsp3) is 0. The minimum atomic E-state index is 0.928. The minimum absolute atomic E-state index is 0.928. The van der Waals surface area contributed by atoms with Crippen molar-refractivity contribution in [2.45, 2.75) is 0 Å². The summed E-state index contributed by atoms with van der Waals surface area (Å²) in [5.41, 5.74) is 14.1. The molecule has 0 aliphatic carbocycles. The zero-order valence-corrected chi connectivity index (χ0v) is 69.2. The van der Waals surface area contributed by atoms with E-state index in [1.807, 2.05) is 35.6 Å². The van der Waals surface area contributed by atoms with Gasteiger partial charge >= 0.3 is 0 Å². The SMILES string of the molecule is c1ccc(N(c2ccc3c(ccc4ccc5c(ccc6c7ccccc7oc65)c43)c2)c2cccc3ccccc23)cc1.c1ccc(N(c2ccc3c(ccc4ccc5c(ccc6c7ccccc7sc65)c43)c2)c2cccc3ccccc23)cc1.c1ccc(N(c2ccc3c(ccc4ccc5c(ccc6oc7ccccc7c65)c43)c2)c2cccc3ccccc23)cc1. The van der Waals surface area contributed by atoms with Gasteiger partial charge in [-0.1, -0.05) is 322 Å². The quantitative estimate of drug-likeness (QED) is 0.135. The second kappa shape index (κ2) is 29.8. The predicted octanol–water partition coefficient (Wildman–Crippen LogP) is 35.5. The van der Waals surface area contributed by atoms with Gasteiger partial charge in [0.05, 0.1) is 17.1 Å². The molecule has 3 heterocycles. The van der Waals surface area contributed by atoms with Gasteiger partial charge < -0.3 is 23.5 Å². The van der Waals surface area contributed by atoms with Crippen LogP contribution in [0.25, 0.3) is 193 Å². The summed E-state index contributed by atoms with van der Waals surface area (Å²) in [5.74, 6) is 0. The molecule has 588 valence electrons. The summed E-state index contributed by atoms with van der Waals surface area (Å²) < 4.78 is 15.3. The van der Waals surface area contributed by atoms with E-state index in [1.165, 1.54) is 161 Å². The Labute approximate surface area is 729 Å². The first kappa shape index (κ1) is 72.4. The van der Waals surface area contributed by atoms with Crippen LogP contribution in [0.1, 0.15) is 0 Å². The van der Waals surface area contributed by atoms with Gasteiger partial charge in [0.1, 0.15) is 22.3 Å². The van der Waals surface area contributed by atoms with Crippen LogP contribution in [-0.4, -0.2) is 0 Å². The highest BCUT2D eigenvalue weighted by Gasteiger charge is 2.24. The number of fused-ring (bicyclic) bond motifs is 30. The van der Waals surface area contributed by atoms with Gasteiger partial charge in [0, 0.05) is 103 Å². The van der Waals surface area contributed by atoms with Gasteiger partial charge in [-0.2, -0.15) is 0 Å². The van der Waals surface area contributed by atoms with Crippen LogP contribution in [0.2, 0.25) is 0 Å². The average Bonchev–Trinajstić information content (AvgIpc) is 1.31. The maximum atomic E-state index is 6.40. The van der Waals surface area contributed by atoms with Crippen LogP contribution in [0.4, 0.5) is 51.2 Å². The molecule has 0 aliphatic rings. The maximum absolute atomic E-state index is 6.40. The van der Waals surface area contributed by atoms with E-state index in [4.69, 9.17) is 8.83 Å². The van der Waals surface area contributed by atoms with Crippen molar-refractivity contribution in [3.63, 3.8) is 0 Å². The van der Waals surface area contributed by atoms with Crippen LogP contribution in [0.15, 0.2) is 464 Å². The summed E-state index contributed by atoms with van der Waals surface area (Å²) in [6, 6.07) is 164. The molecule has 0 bridgehead atoms. The van der Waals surface area contributed by atoms with E-state index in [0.717, 1.165) is 83.7 Å². The first-order valence-electron chi connectivity index (χ1n) is 43.1. The topological polar surface area (TPSA) is 36.0 Å². The second-order valence-corrected chi connectivity index (χ2v) is 33.9. The first-order valence-corrected chi connectivity index (χ1v) is 43.9. The summed E-state index contributed by atoms with van der Waals surface area (Å²) in [5, 5.41) is 37.3. The number of nitrogens with zero attached hydrogens (tertiary/aromatic N) is 3. The molecule has 5 nitrogen and oxygen atoms in total. The molecule has 0 aliphatic heterocycles. The van der Waals surface area contributed by atoms with E-state index in [9.17, 15) is 0 Å². The molecule has 0 spiro atoms. The van der Waals surface area contributed by atoms with E-state index in [1.54, 1.807) is 0 Å². The van der Waals surface area contributed by atoms with Gasteiger partial charge in [0.25, 0.3) is 0 Å². The Kier molecular flexibility index (Phi) is 17.1. The zero-order chi connectivity index (χ0) is 82.9. The smallest absolute Gasteiger partial charge is 0.143 e. The molecule has 0 saturated heterocycles. The van der Waals surface area contributed by atoms with Gasteiger partial charge in [0.2, 0.25) is 0 Å². The largest absolute Gasteiger partial charge is 0.456 e. The summed E-state index contributed by atoms with van der Waals surface area (Å²) in [4.78, 5) is 7.12. The lowest BCUT2D eigenvalue weighted by molar-refractivity contribution is 0.669. The molecule has 0 atom stereocenters. The number of rotatable bonds is 9. The summed E-state index contributed by atoms with van der Waals surface area (Å²) >= 11 is 1.90. The predicted molar refractivity (Wildman–Crippen MR) is 541 cm³/mol. The number of anilines is 9. The van der Waals surface area contributed by atoms with Crippen LogP contribution in [0, 0.1) is 0 Å². The molecule has 27 aromatic rings. The maximum Gasteiger partial charge on any atom is 0.143 e. The first-order chi connectivity index (χ1) is 62.5. The van der Waals surface area contributed by atoms with Crippen LogP contribution >= 0.6 is 11.3 Å². The van der Waals surface area contributed by atoms with Crippen LogP contribution < -0.4 is 14.7 Å². The Morgan fingerprint density at radius 3 is 0.960 bits per heavy atom. The number of furan rings is 2. The molecule has 126 heavy (non-hydrogen) atoms. The number of benzene rings is 24. The molecular formula is C120H75N3O2S. The van der Waals surface area contributed by atoms with Gasteiger partial charge in [-0.15, -0.1) is 11.3 Å². The van der Waals surface area contributed by atoms with Gasteiger partial charge in [-0.25, -0.2) is 0 Å². The lowest BCUT2D eigenvalue weighted by Gasteiger charge is -2.27. The molecule has 0 N–H and O–H groups in total. The molecule has 0 fully saturated rings. The second-order valence-electron chi connectivity index (χ2n) is 32.8. The summed E-state index contributed by atoms with van der Waals surface area (Å²) in [6.45, 7) is 0. The fourth-order valence-corrected chi connectivity index (χ4v) is 21.3. The molecule has 0 amide bonds. The molecule has 3 aromatic heterocycles. The van der Waals surface area contributed by atoms with Crippen LogP contribution in [0.5, 0.6) is 0 Å². The Morgan fingerprint density at radius 2 is 0.468 bits per heavy atom. The van der Waals surface area contributed by atoms with E-state index < -0.39 is 0 Å². The Morgan fingerprint density at radius 1 is 0.159 bits per heavy atom. The standard InChI is InChI=1S/2C40H25NO.C40H25NS/c1-2-11-29(12-3-1)41(36-15-8-10-26-9-4-5-13-31(26)36)30-20-22-32-28(25-30)18-17-27-19-21-34-33(39(27)32)23-24-38-40(34)35-14-6-7-16-37(35)42-38;2*1-2-11-29(12-3-1)41(37-15-8-10-26-9-4-5-13-31(26)37)30-20-22-32-28(25-30)18-17-27-19-21-36-34(39(27)32)23-24-35-33-14-6-7-16-38(33)42-40(35)36/h3*1-25H. The molecule has 24 aromatic carbocycles. The van der Waals surface area contributed by atoms with Gasteiger partial charge in [0.15, 0.2) is 0 Å². The summed E-state index contributed by atoms with van der Waals surface area (Å²) in [6.07, 6.45) is 0. The highest BCUT2D eigenvalue weighted by molar-refractivity contribution is 7.26. The van der Waals surface area contributed by atoms with Crippen molar-refractivity contribution in [3.05, 3.63) is 455 Å². The van der Waals surface area contributed by atoms with Crippen LogP contribution in [0.3, 0.4) is 0 Å². The highest BCUT2D eigenvalue weighted by Crippen LogP contribution is 2.50. The number of hydrogen-bond acceptors (Lipinski definition) is 6. The molecule has 6 heteroatoms. The number of para-hydroxylation sites is 5. The average molecular weight is 1620 g/mol. The Hall–Kier alpha value is -16.4. The minimum Gasteiger partial charge on any atom is -0.456 e. The van der Waals surface area contributed by atoms with Crippen molar-refractivity contribution < 1.29 is 8.83 Å². The molecular weight excluding hydrogens is 1550 g/mol. The van der Waals surface area contributed by atoms with E-state index in [-0.39, 0.29) is 0 Å². The molecule has 0 unspecified atom stereocenters. The van der Waals surface area contributed by atoms with Crippen molar-refractivity contribution in [2.24, 2.45) is 0 Å². The molecule has 27 rings (SSSR count). The van der Waals surface area contributed by atoms with Crippen molar-refractivity contribution in [1.82, 2.24) is 0 Å². The number of hydrogen-bond donors (Lipinski definition) is 0. The van der Waals surface area contributed by atoms with E-state index in [2.05, 4.69) is 445 Å². The fourth-order valence-electron chi connectivity index (χ4n) is 20.1. The zero-order valence-electron chi connectivity index (χ0n) is 68.4. The lowest BCUT2D eigenvalue weighted by atomic mass is 9.94.